The number of benzene rings is 2. The molecule has 0 bridgehead atoms. The van der Waals surface area contributed by atoms with Gasteiger partial charge in [0.25, 0.3) is 0 Å². The SMILES string of the molecule is C=CCOC[C@@H](O)CN(Cc1c(C)nn(-c2ccccc2)c1Oc1ccc(F)cc1F)CC(C)C. The van der Waals surface area contributed by atoms with Crippen LogP contribution in [0.4, 0.5) is 8.78 Å². The summed E-state index contributed by atoms with van der Waals surface area (Å²) in [6.45, 7) is 11.7. The number of rotatable bonds is 13. The lowest BCUT2D eigenvalue weighted by molar-refractivity contribution is 0.0222. The molecule has 1 atom stereocenters. The highest BCUT2D eigenvalue weighted by molar-refractivity contribution is 5.43. The average molecular weight is 486 g/mol. The molecule has 0 aliphatic carbocycles. The van der Waals surface area contributed by atoms with Gasteiger partial charge in [0.1, 0.15) is 5.82 Å². The fourth-order valence-electron chi connectivity index (χ4n) is 3.81. The van der Waals surface area contributed by atoms with Crippen LogP contribution in [-0.2, 0) is 11.3 Å². The van der Waals surface area contributed by atoms with Crippen LogP contribution in [0.5, 0.6) is 11.6 Å². The van der Waals surface area contributed by atoms with E-state index in [0.717, 1.165) is 23.4 Å². The first kappa shape index (κ1) is 26.5. The Kier molecular flexibility index (Phi) is 9.54. The van der Waals surface area contributed by atoms with E-state index in [1.54, 1.807) is 10.8 Å². The second-order valence-electron chi connectivity index (χ2n) is 8.86. The van der Waals surface area contributed by atoms with E-state index in [4.69, 9.17) is 9.47 Å². The molecule has 8 heteroatoms. The largest absolute Gasteiger partial charge is 0.435 e. The molecular weight excluding hydrogens is 452 g/mol. The Morgan fingerprint density at radius 3 is 2.54 bits per heavy atom. The van der Waals surface area contributed by atoms with Gasteiger partial charge in [0.15, 0.2) is 11.6 Å². The van der Waals surface area contributed by atoms with Gasteiger partial charge in [-0.2, -0.15) is 5.10 Å². The maximum absolute atomic E-state index is 14.5. The molecule has 1 heterocycles. The molecule has 0 fully saturated rings. The molecule has 0 saturated heterocycles. The van der Waals surface area contributed by atoms with Crippen molar-refractivity contribution in [2.75, 3.05) is 26.3 Å². The Morgan fingerprint density at radius 2 is 1.89 bits per heavy atom. The van der Waals surface area contributed by atoms with E-state index < -0.39 is 17.7 Å². The molecule has 35 heavy (non-hydrogen) atoms. The van der Waals surface area contributed by atoms with Gasteiger partial charge in [0.2, 0.25) is 5.88 Å². The normalized spacial score (nSPS) is 12.3. The van der Waals surface area contributed by atoms with Crippen molar-refractivity contribution in [1.82, 2.24) is 14.7 Å². The predicted molar refractivity (Wildman–Crippen MR) is 132 cm³/mol. The van der Waals surface area contributed by atoms with Gasteiger partial charge in [0.05, 0.1) is 36.3 Å². The summed E-state index contributed by atoms with van der Waals surface area (Å²) in [6.07, 6.45) is 0.940. The quantitative estimate of drug-likeness (QED) is 0.264. The van der Waals surface area contributed by atoms with E-state index >= 15 is 0 Å². The zero-order valence-corrected chi connectivity index (χ0v) is 20.5. The topological polar surface area (TPSA) is 59.8 Å². The van der Waals surface area contributed by atoms with Crippen LogP contribution in [-0.4, -0.2) is 52.2 Å². The number of ether oxygens (including phenoxy) is 2. The van der Waals surface area contributed by atoms with Crippen LogP contribution in [0.2, 0.25) is 0 Å². The lowest BCUT2D eigenvalue weighted by atomic mass is 10.1. The van der Waals surface area contributed by atoms with Gasteiger partial charge in [-0.15, -0.1) is 6.58 Å². The van der Waals surface area contributed by atoms with Crippen LogP contribution in [0.25, 0.3) is 5.69 Å². The molecule has 0 spiro atoms. The highest BCUT2D eigenvalue weighted by Gasteiger charge is 2.24. The van der Waals surface area contributed by atoms with E-state index in [9.17, 15) is 13.9 Å². The summed E-state index contributed by atoms with van der Waals surface area (Å²) < 4.78 is 41.0. The summed E-state index contributed by atoms with van der Waals surface area (Å²) in [5, 5.41) is 15.2. The monoisotopic (exact) mass is 485 g/mol. The summed E-state index contributed by atoms with van der Waals surface area (Å²) in [6, 6.07) is 12.6. The summed E-state index contributed by atoms with van der Waals surface area (Å²) >= 11 is 0. The third-order valence-electron chi connectivity index (χ3n) is 5.26. The standard InChI is InChI=1S/C27H33F2N3O3/c1-5-13-34-18-23(33)16-31(15-19(2)3)17-24-20(4)30-32(22-9-7-6-8-10-22)27(24)35-26-12-11-21(28)14-25(26)29/h5-12,14,19,23,33H,1,13,15-18H2,2-4H3/t23-/m0/s1. The molecule has 0 radical (unpaired) electrons. The predicted octanol–water partition coefficient (Wildman–Crippen LogP) is 5.27. The van der Waals surface area contributed by atoms with Crippen LogP contribution in [0.3, 0.4) is 0 Å². The maximum Gasteiger partial charge on any atom is 0.227 e. The lowest BCUT2D eigenvalue weighted by Crippen LogP contribution is -2.37. The van der Waals surface area contributed by atoms with E-state index in [0.29, 0.717) is 43.7 Å². The molecule has 0 saturated carbocycles. The molecule has 3 aromatic rings. The fraction of sp³-hybridized carbons (Fsp3) is 0.370. The Morgan fingerprint density at radius 1 is 1.14 bits per heavy atom. The van der Waals surface area contributed by atoms with Crippen LogP contribution in [0.15, 0.2) is 61.2 Å². The van der Waals surface area contributed by atoms with Gasteiger partial charge < -0.3 is 14.6 Å². The van der Waals surface area contributed by atoms with Crippen molar-refractivity contribution in [2.45, 2.75) is 33.4 Å². The molecule has 1 aromatic heterocycles. The number of aliphatic hydroxyl groups excluding tert-OH is 1. The number of aryl methyl sites for hydroxylation is 1. The van der Waals surface area contributed by atoms with Gasteiger partial charge in [0, 0.05) is 25.7 Å². The Balaban J connectivity index is 1.96. The average Bonchev–Trinajstić information content (AvgIpc) is 3.11. The Bertz CT molecular complexity index is 1100. The van der Waals surface area contributed by atoms with Gasteiger partial charge in [-0.1, -0.05) is 38.1 Å². The summed E-state index contributed by atoms with van der Waals surface area (Å²) in [4.78, 5) is 2.10. The van der Waals surface area contributed by atoms with Gasteiger partial charge >= 0.3 is 0 Å². The summed E-state index contributed by atoms with van der Waals surface area (Å²) in [5.74, 6) is -0.912. The third kappa shape index (κ3) is 7.45. The first-order valence-corrected chi connectivity index (χ1v) is 11.6. The van der Waals surface area contributed by atoms with E-state index in [2.05, 4.69) is 30.4 Å². The first-order valence-electron chi connectivity index (χ1n) is 11.6. The van der Waals surface area contributed by atoms with E-state index in [1.165, 1.54) is 6.07 Å². The molecular formula is C27H33F2N3O3. The van der Waals surface area contributed by atoms with Crippen LogP contribution in [0.1, 0.15) is 25.1 Å². The number of halogens is 2. The molecule has 0 unspecified atom stereocenters. The van der Waals surface area contributed by atoms with Crippen LogP contribution < -0.4 is 4.74 Å². The second-order valence-corrected chi connectivity index (χ2v) is 8.86. The molecule has 6 nitrogen and oxygen atoms in total. The zero-order chi connectivity index (χ0) is 25.4. The van der Waals surface area contributed by atoms with Crippen molar-refractivity contribution in [1.29, 1.82) is 0 Å². The molecule has 0 amide bonds. The van der Waals surface area contributed by atoms with Gasteiger partial charge in [-0.05, 0) is 37.1 Å². The number of aromatic nitrogens is 2. The number of hydrogen-bond donors (Lipinski definition) is 1. The lowest BCUT2D eigenvalue weighted by Gasteiger charge is -2.27. The molecule has 0 aliphatic heterocycles. The number of hydrogen-bond acceptors (Lipinski definition) is 5. The minimum absolute atomic E-state index is 0.0991. The van der Waals surface area contributed by atoms with Crippen molar-refractivity contribution in [2.24, 2.45) is 5.92 Å². The Labute approximate surface area is 205 Å². The minimum Gasteiger partial charge on any atom is -0.435 e. The smallest absolute Gasteiger partial charge is 0.227 e. The summed E-state index contributed by atoms with van der Waals surface area (Å²) in [7, 11) is 0. The van der Waals surface area contributed by atoms with Crippen molar-refractivity contribution < 1.29 is 23.4 Å². The fourth-order valence-corrected chi connectivity index (χ4v) is 3.81. The van der Waals surface area contributed by atoms with Crippen LogP contribution >= 0.6 is 0 Å². The minimum atomic E-state index is -0.803. The molecule has 188 valence electrons. The molecule has 1 N–H and O–H groups in total. The van der Waals surface area contributed by atoms with Crippen LogP contribution in [0, 0.1) is 24.5 Å². The van der Waals surface area contributed by atoms with Crippen molar-refractivity contribution >= 4 is 0 Å². The third-order valence-corrected chi connectivity index (χ3v) is 5.26. The van der Waals surface area contributed by atoms with E-state index in [-0.39, 0.29) is 12.4 Å². The Hall–Kier alpha value is -3.07. The molecule has 2 aromatic carbocycles. The van der Waals surface area contributed by atoms with E-state index in [1.807, 2.05) is 37.3 Å². The zero-order valence-electron chi connectivity index (χ0n) is 20.5. The highest BCUT2D eigenvalue weighted by atomic mass is 19.1. The van der Waals surface area contributed by atoms with Gasteiger partial charge in [-0.25, -0.2) is 13.5 Å². The highest BCUT2D eigenvalue weighted by Crippen LogP contribution is 2.33. The number of nitrogens with zero attached hydrogens (tertiary/aromatic N) is 3. The molecule has 0 aliphatic rings. The first-order chi connectivity index (χ1) is 16.8. The second kappa shape index (κ2) is 12.6. The van der Waals surface area contributed by atoms with Gasteiger partial charge in [-0.3, -0.25) is 4.90 Å². The number of aliphatic hydroxyl groups is 1. The molecule has 3 rings (SSSR count). The van der Waals surface area contributed by atoms with Crippen molar-refractivity contribution in [3.63, 3.8) is 0 Å². The van der Waals surface area contributed by atoms with Crippen molar-refractivity contribution in [3.8, 4) is 17.3 Å². The summed E-state index contributed by atoms with van der Waals surface area (Å²) in [5.41, 5.74) is 2.20. The number of para-hydroxylation sites is 1. The van der Waals surface area contributed by atoms with Crippen molar-refractivity contribution in [3.05, 3.63) is 84.1 Å². The maximum atomic E-state index is 14.5.